The second-order valence-electron chi connectivity index (χ2n) is 5.56. The van der Waals surface area contributed by atoms with Gasteiger partial charge in [0, 0.05) is 18.6 Å². The van der Waals surface area contributed by atoms with Gasteiger partial charge in [0.25, 0.3) is 0 Å². The van der Waals surface area contributed by atoms with Gasteiger partial charge >= 0.3 is 0 Å². The molecule has 0 amide bonds. The zero-order chi connectivity index (χ0) is 13.2. The summed E-state index contributed by atoms with van der Waals surface area (Å²) in [6.07, 6.45) is 3.61. The topological polar surface area (TPSA) is 47.7 Å². The van der Waals surface area contributed by atoms with Crippen molar-refractivity contribution >= 4 is 0 Å². The number of nitrogens with two attached hydrogens (primary N) is 1. The van der Waals surface area contributed by atoms with E-state index in [1.165, 1.54) is 18.4 Å². The van der Waals surface area contributed by atoms with E-state index in [9.17, 15) is 0 Å². The van der Waals surface area contributed by atoms with E-state index in [0.29, 0.717) is 25.3 Å². The van der Waals surface area contributed by atoms with E-state index in [1.807, 2.05) is 6.07 Å². The standard InChI is InChI=1S/C15H22N2O2/c1-17(13-4-2-3-12(13)16)10-11-5-6-14-15(9-11)19-8-7-18-14/h5-6,9,12-13H,2-4,7-8,10,16H2,1H3. The maximum absolute atomic E-state index is 6.16. The Hall–Kier alpha value is -1.26. The van der Waals surface area contributed by atoms with Gasteiger partial charge in [0.15, 0.2) is 11.5 Å². The summed E-state index contributed by atoms with van der Waals surface area (Å²) in [5.74, 6) is 1.73. The van der Waals surface area contributed by atoms with Crippen LogP contribution in [-0.4, -0.2) is 37.2 Å². The molecule has 0 aromatic heterocycles. The smallest absolute Gasteiger partial charge is 0.161 e. The Morgan fingerprint density at radius 2 is 2.00 bits per heavy atom. The van der Waals surface area contributed by atoms with E-state index in [4.69, 9.17) is 15.2 Å². The van der Waals surface area contributed by atoms with Crippen LogP contribution in [0.15, 0.2) is 18.2 Å². The molecule has 0 spiro atoms. The number of hydrogen-bond acceptors (Lipinski definition) is 4. The second-order valence-corrected chi connectivity index (χ2v) is 5.56. The molecular formula is C15H22N2O2. The molecule has 104 valence electrons. The first-order chi connectivity index (χ1) is 9.24. The van der Waals surface area contributed by atoms with Crippen molar-refractivity contribution in [2.24, 2.45) is 5.73 Å². The molecular weight excluding hydrogens is 240 g/mol. The summed E-state index contributed by atoms with van der Waals surface area (Å²) in [6, 6.07) is 7.04. The molecule has 1 aromatic rings. The van der Waals surface area contributed by atoms with Crippen LogP contribution in [0.5, 0.6) is 11.5 Å². The van der Waals surface area contributed by atoms with Crippen molar-refractivity contribution in [3.05, 3.63) is 23.8 Å². The highest BCUT2D eigenvalue weighted by molar-refractivity contribution is 5.43. The first kappa shape index (κ1) is 12.8. The molecule has 19 heavy (non-hydrogen) atoms. The molecule has 1 fully saturated rings. The van der Waals surface area contributed by atoms with Crippen LogP contribution in [0.25, 0.3) is 0 Å². The minimum Gasteiger partial charge on any atom is -0.486 e. The number of fused-ring (bicyclic) bond motifs is 1. The fourth-order valence-corrected chi connectivity index (χ4v) is 3.11. The van der Waals surface area contributed by atoms with Gasteiger partial charge in [0.1, 0.15) is 13.2 Å². The summed E-state index contributed by atoms with van der Waals surface area (Å²) in [7, 11) is 2.16. The second kappa shape index (κ2) is 5.39. The average Bonchev–Trinajstić information content (AvgIpc) is 2.85. The highest BCUT2D eigenvalue weighted by atomic mass is 16.6. The fraction of sp³-hybridized carbons (Fsp3) is 0.600. The molecule has 1 saturated carbocycles. The molecule has 0 saturated heterocycles. The number of likely N-dealkylation sites (N-methyl/N-ethyl adjacent to an activating group) is 1. The number of benzene rings is 1. The molecule has 2 N–H and O–H groups in total. The molecule has 1 aliphatic carbocycles. The van der Waals surface area contributed by atoms with E-state index in [2.05, 4.69) is 24.1 Å². The van der Waals surface area contributed by atoms with Gasteiger partial charge in [-0.1, -0.05) is 12.5 Å². The highest BCUT2D eigenvalue weighted by Gasteiger charge is 2.27. The fourth-order valence-electron chi connectivity index (χ4n) is 3.11. The summed E-state index contributed by atoms with van der Waals surface area (Å²) in [6.45, 7) is 2.19. The summed E-state index contributed by atoms with van der Waals surface area (Å²) in [5.41, 5.74) is 7.41. The van der Waals surface area contributed by atoms with Crippen molar-refractivity contribution in [1.82, 2.24) is 4.90 Å². The Bertz CT molecular complexity index is 450. The first-order valence-corrected chi connectivity index (χ1v) is 7.08. The number of rotatable bonds is 3. The van der Waals surface area contributed by atoms with Crippen LogP contribution in [0.4, 0.5) is 0 Å². The number of hydrogen-bond donors (Lipinski definition) is 1. The lowest BCUT2D eigenvalue weighted by atomic mass is 10.1. The molecule has 3 rings (SSSR count). The normalized spacial score (nSPS) is 25.8. The third-order valence-corrected chi connectivity index (χ3v) is 4.14. The number of ether oxygens (including phenoxy) is 2. The predicted octanol–water partition coefficient (Wildman–Crippen LogP) is 1.77. The van der Waals surface area contributed by atoms with Gasteiger partial charge in [-0.05, 0) is 37.6 Å². The minimum absolute atomic E-state index is 0.321. The van der Waals surface area contributed by atoms with E-state index in [0.717, 1.165) is 24.5 Å². The zero-order valence-electron chi connectivity index (χ0n) is 11.5. The van der Waals surface area contributed by atoms with Gasteiger partial charge in [-0.15, -0.1) is 0 Å². The Morgan fingerprint density at radius 1 is 1.21 bits per heavy atom. The Balaban J connectivity index is 1.69. The summed E-state index contributed by atoms with van der Waals surface area (Å²) >= 11 is 0. The Morgan fingerprint density at radius 3 is 2.74 bits per heavy atom. The lowest BCUT2D eigenvalue weighted by molar-refractivity contribution is 0.170. The van der Waals surface area contributed by atoms with E-state index in [-0.39, 0.29) is 0 Å². The van der Waals surface area contributed by atoms with Crippen LogP contribution in [-0.2, 0) is 6.54 Å². The average molecular weight is 262 g/mol. The molecule has 2 unspecified atom stereocenters. The maximum atomic E-state index is 6.16. The summed E-state index contributed by atoms with van der Waals surface area (Å²) in [4.78, 5) is 2.36. The lowest BCUT2D eigenvalue weighted by Gasteiger charge is -2.28. The lowest BCUT2D eigenvalue weighted by Crippen LogP contribution is -2.41. The van der Waals surface area contributed by atoms with Crippen LogP contribution in [0.3, 0.4) is 0 Å². The van der Waals surface area contributed by atoms with Crippen LogP contribution in [0.1, 0.15) is 24.8 Å². The van der Waals surface area contributed by atoms with Gasteiger partial charge in [0.05, 0.1) is 0 Å². The largest absolute Gasteiger partial charge is 0.486 e. The zero-order valence-corrected chi connectivity index (χ0v) is 11.5. The van der Waals surface area contributed by atoms with E-state index < -0.39 is 0 Å². The molecule has 2 atom stereocenters. The minimum atomic E-state index is 0.321. The van der Waals surface area contributed by atoms with E-state index >= 15 is 0 Å². The van der Waals surface area contributed by atoms with Crippen molar-refractivity contribution in [1.29, 1.82) is 0 Å². The SMILES string of the molecule is CN(Cc1ccc2c(c1)OCCO2)C1CCCC1N. The van der Waals surface area contributed by atoms with Crippen LogP contribution in [0, 0.1) is 0 Å². The summed E-state index contributed by atoms with van der Waals surface area (Å²) in [5, 5.41) is 0. The quantitative estimate of drug-likeness (QED) is 0.902. The van der Waals surface area contributed by atoms with Crippen molar-refractivity contribution in [3.63, 3.8) is 0 Å². The van der Waals surface area contributed by atoms with Crippen molar-refractivity contribution in [2.45, 2.75) is 37.9 Å². The van der Waals surface area contributed by atoms with Gasteiger partial charge in [-0.2, -0.15) is 0 Å². The van der Waals surface area contributed by atoms with Gasteiger partial charge < -0.3 is 15.2 Å². The highest BCUT2D eigenvalue weighted by Crippen LogP contribution is 2.31. The Labute approximate surface area is 114 Å². The summed E-state index contributed by atoms with van der Waals surface area (Å²) < 4.78 is 11.2. The third kappa shape index (κ3) is 2.69. The molecule has 2 aliphatic rings. The first-order valence-electron chi connectivity index (χ1n) is 7.08. The predicted molar refractivity (Wildman–Crippen MR) is 74.5 cm³/mol. The number of nitrogens with zero attached hydrogens (tertiary/aromatic N) is 1. The van der Waals surface area contributed by atoms with Crippen LogP contribution >= 0.6 is 0 Å². The monoisotopic (exact) mass is 262 g/mol. The molecule has 4 nitrogen and oxygen atoms in total. The molecule has 1 heterocycles. The van der Waals surface area contributed by atoms with Gasteiger partial charge in [-0.3, -0.25) is 4.90 Å². The third-order valence-electron chi connectivity index (χ3n) is 4.14. The molecule has 1 aliphatic heterocycles. The van der Waals surface area contributed by atoms with Crippen molar-refractivity contribution in [3.8, 4) is 11.5 Å². The molecule has 1 aromatic carbocycles. The van der Waals surface area contributed by atoms with Gasteiger partial charge in [-0.25, -0.2) is 0 Å². The molecule has 0 bridgehead atoms. The van der Waals surface area contributed by atoms with Crippen molar-refractivity contribution in [2.75, 3.05) is 20.3 Å². The maximum Gasteiger partial charge on any atom is 0.161 e. The van der Waals surface area contributed by atoms with Gasteiger partial charge in [0.2, 0.25) is 0 Å². The van der Waals surface area contributed by atoms with E-state index in [1.54, 1.807) is 0 Å². The Kier molecular flexibility index (Phi) is 3.62. The van der Waals surface area contributed by atoms with Crippen molar-refractivity contribution < 1.29 is 9.47 Å². The molecule has 0 radical (unpaired) electrons. The molecule has 4 heteroatoms. The van der Waals surface area contributed by atoms with Crippen LogP contribution in [0.2, 0.25) is 0 Å². The van der Waals surface area contributed by atoms with Crippen LogP contribution < -0.4 is 15.2 Å².